The highest BCUT2D eigenvalue weighted by Crippen LogP contribution is 2.26. The van der Waals surface area contributed by atoms with E-state index in [0.29, 0.717) is 18.1 Å². The van der Waals surface area contributed by atoms with E-state index in [2.05, 4.69) is 15.5 Å². The van der Waals surface area contributed by atoms with Crippen LogP contribution in [0.25, 0.3) is 0 Å². The minimum absolute atomic E-state index is 0.290. The summed E-state index contributed by atoms with van der Waals surface area (Å²) < 4.78 is 5.49. The van der Waals surface area contributed by atoms with Gasteiger partial charge in [-0.05, 0) is 31.2 Å². The first-order valence-electron chi connectivity index (χ1n) is 5.56. The first kappa shape index (κ1) is 11.9. The van der Waals surface area contributed by atoms with Crippen molar-refractivity contribution in [3.8, 4) is 11.8 Å². The van der Waals surface area contributed by atoms with Crippen molar-refractivity contribution in [3.05, 3.63) is 42.1 Å². The van der Waals surface area contributed by atoms with Gasteiger partial charge in [0, 0.05) is 0 Å². The lowest BCUT2D eigenvalue weighted by Crippen LogP contribution is -2.00. The van der Waals surface area contributed by atoms with Crippen LogP contribution in [0.1, 0.15) is 12.6 Å². The second kappa shape index (κ2) is 5.64. The van der Waals surface area contributed by atoms with Crippen LogP contribution in [0, 0.1) is 11.3 Å². The third-order valence-electron chi connectivity index (χ3n) is 2.23. The van der Waals surface area contributed by atoms with E-state index in [1.54, 1.807) is 12.1 Å². The molecule has 0 radical (unpaired) electrons. The standard InChI is InChI=1S/C13H12N4O/c1-2-18-12-6-4-3-5-11(12)15-13-8-7-10(9-14)16-17-13/h3-8H,2H2,1H3,(H,15,17). The Balaban J connectivity index is 2.20. The predicted molar refractivity (Wildman–Crippen MR) is 67.6 cm³/mol. The van der Waals surface area contributed by atoms with Gasteiger partial charge in [0.2, 0.25) is 0 Å². The number of anilines is 2. The summed E-state index contributed by atoms with van der Waals surface area (Å²) >= 11 is 0. The molecule has 0 fully saturated rings. The number of aromatic nitrogens is 2. The Morgan fingerprint density at radius 2 is 2.06 bits per heavy atom. The Hall–Kier alpha value is -2.61. The monoisotopic (exact) mass is 240 g/mol. The molecular formula is C13H12N4O. The molecule has 1 aromatic carbocycles. The van der Waals surface area contributed by atoms with Crippen molar-refractivity contribution < 1.29 is 4.74 Å². The molecule has 18 heavy (non-hydrogen) atoms. The van der Waals surface area contributed by atoms with Crippen molar-refractivity contribution in [1.82, 2.24) is 10.2 Å². The number of hydrogen-bond donors (Lipinski definition) is 1. The summed E-state index contributed by atoms with van der Waals surface area (Å²) in [6.07, 6.45) is 0. The number of rotatable bonds is 4. The van der Waals surface area contributed by atoms with Gasteiger partial charge >= 0.3 is 0 Å². The maximum absolute atomic E-state index is 8.64. The molecule has 1 aromatic heterocycles. The zero-order valence-electron chi connectivity index (χ0n) is 9.92. The summed E-state index contributed by atoms with van der Waals surface area (Å²) in [4.78, 5) is 0. The van der Waals surface area contributed by atoms with E-state index < -0.39 is 0 Å². The highest BCUT2D eigenvalue weighted by molar-refractivity contribution is 5.63. The molecular weight excluding hydrogens is 228 g/mol. The van der Waals surface area contributed by atoms with Crippen molar-refractivity contribution in [3.63, 3.8) is 0 Å². The fraction of sp³-hybridized carbons (Fsp3) is 0.154. The molecule has 2 aromatic rings. The number of nitriles is 1. The second-order valence-corrected chi connectivity index (χ2v) is 3.47. The average molecular weight is 240 g/mol. The number of benzene rings is 1. The highest BCUT2D eigenvalue weighted by Gasteiger charge is 2.03. The SMILES string of the molecule is CCOc1ccccc1Nc1ccc(C#N)nn1. The molecule has 1 N–H and O–H groups in total. The third-order valence-corrected chi connectivity index (χ3v) is 2.23. The molecule has 5 heteroatoms. The van der Waals surface area contributed by atoms with Gasteiger partial charge < -0.3 is 10.1 Å². The van der Waals surface area contributed by atoms with Gasteiger partial charge in [-0.2, -0.15) is 5.26 Å². The second-order valence-electron chi connectivity index (χ2n) is 3.47. The molecule has 0 bridgehead atoms. The van der Waals surface area contributed by atoms with Crippen LogP contribution in [0.2, 0.25) is 0 Å². The zero-order valence-corrected chi connectivity index (χ0v) is 9.92. The number of nitrogens with zero attached hydrogens (tertiary/aromatic N) is 3. The predicted octanol–water partition coefficient (Wildman–Crippen LogP) is 2.49. The third kappa shape index (κ3) is 2.74. The maximum Gasteiger partial charge on any atom is 0.163 e. The van der Waals surface area contributed by atoms with Gasteiger partial charge in [0.1, 0.15) is 11.8 Å². The molecule has 1 heterocycles. The molecule has 0 aliphatic heterocycles. The first-order valence-corrected chi connectivity index (χ1v) is 5.56. The fourth-order valence-electron chi connectivity index (χ4n) is 1.45. The van der Waals surface area contributed by atoms with Crippen LogP contribution in [0.15, 0.2) is 36.4 Å². The number of hydrogen-bond acceptors (Lipinski definition) is 5. The van der Waals surface area contributed by atoms with Gasteiger partial charge in [-0.15, -0.1) is 10.2 Å². The first-order chi connectivity index (χ1) is 8.83. The summed E-state index contributed by atoms with van der Waals surface area (Å²) in [5.74, 6) is 1.33. The van der Waals surface area contributed by atoms with Crippen LogP contribution in [0.5, 0.6) is 5.75 Å². The van der Waals surface area contributed by atoms with Crippen molar-refractivity contribution in [2.75, 3.05) is 11.9 Å². The summed E-state index contributed by atoms with van der Waals surface area (Å²) in [6.45, 7) is 2.52. The number of ether oxygens (including phenoxy) is 1. The summed E-state index contributed by atoms with van der Waals surface area (Å²) in [7, 11) is 0. The molecule has 2 rings (SSSR count). The normalized spacial score (nSPS) is 9.56. The van der Waals surface area contributed by atoms with Crippen molar-refractivity contribution in [1.29, 1.82) is 5.26 Å². The molecule has 0 atom stereocenters. The quantitative estimate of drug-likeness (QED) is 0.889. The van der Waals surface area contributed by atoms with Gasteiger partial charge in [-0.25, -0.2) is 0 Å². The molecule has 0 saturated heterocycles. The van der Waals surface area contributed by atoms with Crippen molar-refractivity contribution >= 4 is 11.5 Å². The fourth-order valence-corrected chi connectivity index (χ4v) is 1.45. The number of para-hydroxylation sites is 2. The van der Waals surface area contributed by atoms with Crippen LogP contribution >= 0.6 is 0 Å². The Kier molecular flexibility index (Phi) is 3.72. The number of nitrogens with one attached hydrogen (secondary N) is 1. The summed E-state index contributed by atoms with van der Waals surface area (Å²) in [5, 5.41) is 19.4. The van der Waals surface area contributed by atoms with Gasteiger partial charge in [-0.1, -0.05) is 12.1 Å². The Morgan fingerprint density at radius 1 is 1.22 bits per heavy atom. The average Bonchev–Trinajstić information content (AvgIpc) is 2.42. The molecule has 0 amide bonds. The van der Waals surface area contributed by atoms with Crippen LogP contribution in [-0.2, 0) is 0 Å². The lowest BCUT2D eigenvalue weighted by molar-refractivity contribution is 0.342. The molecule has 90 valence electrons. The van der Waals surface area contributed by atoms with Crippen LogP contribution in [0.3, 0.4) is 0 Å². The van der Waals surface area contributed by atoms with E-state index >= 15 is 0 Å². The lowest BCUT2D eigenvalue weighted by Gasteiger charge is -2.10. The Morgan fingerprint density at radius 3 is 2.72 bits per heavy atom. The van der Waals surface area contributed by atoms with Gasteiger partial charge in [0.25, 0.3) is 0 Å². The summed E-state index contributed by atoms with van der Waals surface area (Å²) in [6, 6.07) is 12.8. The van der Waals surface area contributed by atoms with E-state index in [-0.39, 0.29) is 0 Å². The van der Waals surface area contributed by atoms with Gasteiger partial charge in [0.05, 0.1) is 12.3 Å². The Labute approximate surface area is 105 Å². The lowest BCUT2D eigenvalue weighted by atomic mass is 10.3. The Bertz CT molecular complexity index is 560. The van der Waals surface area contributed by atoms with E-state index in [0.717, 1.165) is 11.4 Å². The topological polar surface area (TPSA) is 70.8 Å². The molecule has 0 unspecified atom stereocenters. The van der Waals surface area contributed by atoms with Crippen LogP contribution in [-0.4, -0.2) is 16.8 Å². The molecule has 0 aliphatic carbocycles. The van der Waals surface area contributed by atoms with E-state index in [1.165, 1.54) is 0 Å². The highest BCUT2D eigenvalue weighted by atomic mass is 16.5. The van der Waals surface area contributed by atoms with Crippen LogP contribution in [0.4, 0.5) is 11.5 Å². The minimum atomic E-state index is 0.290. The smallest absolute Gasteiger partial charge is 0.163 e. The van der Waals surface area contributed by atoms with Crippen LogP contribution < -0.4 is 10.1 Å². The largest absolute Gasteiger partial charge is 0.492 e. The van der Waals surface area contributed by atoms with E-state index in [4.69, 9.17) is 10.00 Å². The van der Waals surface area contributed by atoms with Gasteiger partial charge in [0.15, 0.2) is 11.5 Å². The van der Waals surface area contributed by atoms with E-state index in [9.17, 15) is 0 Å². The van der Waals surface area contributed by atoms with Crippen molar-refractivity contribution in [2.45, 2.75) is 6.92 Å². The maximum atomic E-state index is 8.64. The molecule has 5 nitrogen and oxygen atoms in total. The minimum Gasteiger partial charge on any atom is -0.492 e. The van der Waals surface area contributed by atoms with Gasteiger partial charge in [-0.3, -0.25) is 0 Å². The molecule has 0 spiro atoms. The molecule has 0 saturated carbocycles. The van der Waals surface area contributed by atoms with E-state index in [1.807, 2.05) is 37.3 Å². The zero-order chi connectivity index (χ0) is 12.8. The summed E-state index contributed by atoms with van der Waals surface area (Å²) in [5.41, 5.74) is 1.11. The molecule has 0 aliphatic rings. The van der Waals surface area contributed by atoms with Crippen molar-refractivity contribution in [2.24, 2.45) is 0 Å².